The molecule has 0 amide bonds. The second-order valence-corrected chi connectivity index (χ2v) is 5.24. The van der Waals surface area contributed by atoms with Gasteiger partial charge >= 0.3 is 104 Å². The first kappa shape index (κ1) is 28.9. The summed E-state index contributed by atoms with van der Waals surface area (Å²) in [5.41, 5.74) is 0. The van der Waals surface area contributed by atoms with Gasteiger partial charge in [-0.3, -0.25) is 0 Å². The zero-order chi connectivity index (χ0) is 17.0. The smallest absolute Gasteiger partial charge is 0.0809 e. The van der Waals surface area contributed by atoms with E-state index in [0.717, 1.165) is 0 Å². The van der Waals surface area contributed by atoms with Crippen molar-refractivity contribution in [3.63, 3.8) is 0 Å². The van der Waals surface area contributed by atoms with Crippen LogP contribution in [0.2, 0.25) is 0 Å². The summed E-state index contributed by atoms with van der Waals surface area (Å²) < 4.78 is 15.1. The zero-order valence-corrected chi connectivity index (χ0v) is 16.7. The first-order valence-electron chi connectivity index (χ1n) is 6.87. The van der Waals surface area contributed by atoms with Gasteiger partial charge in [0.2, 0.25) is 0 Å². The van der Waals surface area contributed by atoms with Crippen LogP contribution in [0.3, 0.4) is 0 Å². The van der Waals surface area contributed by atoms with Crippen LogP contribution in [0.4, 0.5) is 0 Å². The third-order valence-electron chi connectivity index (χ3n) is 0.928. The molecule has 5 nitrogen and oxygen atoms in total. The van der Waals surface area contributed by atoms with Crippen molar-refractivity contribution < 1.29 is 21.6 Å². The first-order chi connectivity index (χ1) is 9.22. The maximum atomic E-state index is 8.93. The van der Waals surface area contributed by atoms with Crippen molar-refractivity contribution in [2.75, 3.05) is 13.2 Å². The van der Waals surface area contributed by atoms with E-state index in [1.165, 1.54) is 0 Å². The van der Waals surface area contributed by atoms with Crippen LogP contribution < -0.4 is 10.2 Å². The van der Waals surface area contributed by atoms with Crippen LogP contribution in [0.25, 0.3) is 0 Å². The average molecular weight is 321 g/mol. The van der Waals surface area contributed by atoms with Crippen molar-refractivity contribution in [3.05, 3.63) is 0 Å². The van der Waals surface area contributed by atoms with Crippen molar-refractivity contribution in [2.24, 2.45) is 0 Å². The van der Waals surface area contributed by atoms with Gasteiger partial charge in [-0.25, -0.2) is 0 Å². The molecule has 0 heterocycles. The molecule has 0 fully saturated rings. The van der Waals surface area contributed by atoms with Gasteiger partial charge in [0.05, 0.1) is 0 Å². The fraction of sp³-hybridized carbons (Fsp3) is 1.00. The molecule has 0 unspecified atom stereocenters. The Labute approximate surface area is 141 Å². The molecular formula is C13H31Al2O5+. The summed E-state index contributed by atoms with van der Waals surface area (Å²) in [7, 11) is 0. The molecule has 0 spiro atoms. The average Bonchev–Trinajstić information content (AvgIpc) is 2.30. The molecule has 0 N–H and O–H groups in total. The van der Waals surface area contributed by atoms with Gasteiger partial charge in [0.1, 0.15) is 0 Å². The van der Waals surface area contributed by atoms with Crippen molar-refractivity contribution in [2.45, 2.75) is 73.7 Å². The van der Waals surface area contributed by atoms with Gasteiger partial charge in [-0.2, -0.15) is 0 Å². The Morgan fingerprint density at radius 3 is 1.10 bits per heavy atom. The molecule has 0 aliphatic heterocycles. The fourth-order valence-electron chi connectivity index (χ4n) is 0.254. The molecule has 7 heteroatoms. The fourth-order valence-corrected chi connectivity index (χ4v) is 0.763. The summed E-state index contributed by atoms with van der Waals surface area (Å²) >= 11 is 1.95. The Bertz CT molecular complexity index is 126. The van der Waals surface area contributed by atoms with Crippen LogP contribution in [0.1, 0.15) is 55.4 Å². The Morgan fingerprint density at radius 1 is 0.800 bits per heavy atom. The molecule has 0 rings (SSSR count). The standard InChI is InChI=1S/3C3H7O.2C2H5O.2Al/c3*1-3(2)4;2*1-2-3;;/h3*3H,1-2H3;2*2H2,1H3;;/q5*-1;2*+3. The van der Waals surface area contributed by atoms with Crippen LogP contribution in [0.5, 0.6) is 0 Å². The van der Waals surface area contributed by atoms with E-state index >= 15 is 0 Å². The van der Waals surface area contributed by atoms with Gasteiger partial charge in [0.15, 0.2) is 0 Å². The van der Waals surface area contributed by atoms with Crippen molar-refractivity contribution in [3.8, 4) is 0 Å². The van der Waals surface area contributed by atoms with E-state index in [4.69, 9.17) is 17.8 Å². The van der Waals surface area contributed by atoms with E-state index in [2.05, 4.69) is 20.4 Å². The van der Waals surface area contributed by atoms with E-state index in [1.807, 2.05) is 41.5 Å². The van der Waals surface area contributed by atoms with Gasteiger partial charge in [-0.15, -0.1) is 13.2 Å². The number of hydrogen-bond donors (Lipinski definition) is 0. The van der Waals surface area contributed by atoms with E-state index in [-0.39, 0.29) is 29.1 Å². The molecule has 0 saturated carbocycles. The second-order valence-electron chi connectivity index (χ2n) is 4.23. The topological polar surface area (TPSA) is 73.8 Å². The molecule has 0 radical (unpaired) electrons. The summed E-state index contributed by atoms with van der Waals surface area (Å²) in [6.45, 7) is 15.1. The monoisotopic (exact) mass is 321 g/mol. The molecule has 0 bridgehead atoms. The minimum absolute atomic E-state index is 0. The number of hydrogen-bond acceptors (Lipinski definition) is 5. The third kappa shape index (κ3) is 76.6. The molecule has 0 saturated heterocycles. The third-order valence-corrected chi connectivity index (χ3v) is 2.78. The molecule has 0 aliphatic carbocycles. The summed E-state index contributed by atoms with van der Waals surface area (Å²) in [5.74, 6) is 0. The van der Waals surface area contributed by atoms with Gasteiger partial charge < -0.3 is 10.2 Å². The summed E-state index contributed by atoms with van der Waals surface area (Å²) in [4.78, 5) is 0. The Balaban J connectivity index is -0.0000000983. The van der Waals surface area contributed by atoms with Crippen LogP contribution >= 0.6 is 0 Å². The molecular weight excluding hydrogens is 290 g/mol. The predicted molar refractivity (Wildman–Crippen MR) is 81.3 cm³/mol. The molecule has 20 heavy (non-hydrogen) atoms. The van der Waals surface area contributed by atoms with Gasteiger partial charge in [0.25, 0.3) is 0 Å². The molecule has 0 aliphatic rings. The van der Waals surface area contributed by atoms with Crippen molar-refractivity contribution in [1.29, 1.82) is 0 Å². The van der Waals surface area contributed by atoms with Crippen molar-refractivity contribution >= 4 is 32.5 Å². The van der Waals surface area contributed by atoms with Crippen LogP contribution in [-0.4, -0.2) is 64.0 Å². The van der Waals surface area contributed by atoms with Crippen molar-refractivity contribution in [1.82, 2.24) is 0 Å². The molecule has 0 aromatic carbocycles. The Hall–Kier alpha value is 0.865. The van der Waals surface area contributed by atoms with E-state index in [0.29, 0.717) is 18.3 Å². The van der Waals surface area contributed by atoms with Gasteiger partial charge in [-0.05, 0) is 0 Å². The minimum atomic E-state index is -0.245. The largest absolute Gasteiger partial charge is 0.855 e. The Kier molecular flexibility index (Phi) is 40.7. The van der Waals surface area contributed by atoms with E-state index < -0.39 is 0 Å². The van der Waals surface area contributed by atoms with Gasteiger partial charge in [0, 0.05) is 0 Å². The molecule has 0 aromatic rings. The second kappa shape index (κ2) is 28.1. The van der Waals surface area contributed by atoms with Crippen LogP contribution in [0.15, 0.2) is 0 Å². The molecule has 118 valence electrons. The normalized spacial score (nSPS) is 8.95. The SMILES string of the molecule is CC(C)[O][Al+2].CC(C)[O][Al+][O]C(C)C.CC[O-].CC[O-]. The van der Waals surface area contributed by atoms with Gasteiger partial charge in [-0.1, -0.05) is 13.8 Å². The van der Waals surface area contributed by atoms with E-state index in [9.17, 15) is 0 Å². The van der Waals surface area contributed by atoms with Crippen LogP contribution in [-0.2, 0) is 11.4 Å². The Morgan fingerprint density at radius 2 is 1.00 bits per heavy atom. The quantitative estimate of drug-likeness (QED) is 0.693. The summed E-state index contributed by atoms with van der Waals surface area (Å²) in [5, 5.41) is 17.9. The first-order valence-corrected chi connectivity index (χ1v) is 8.28. The summed E-state index contributed by atoms with van der Waals surface area (Å²) in [6, 6.07) is 0. The number of rotatable bonds is 5. The molecule has 0 aromatic heterocycles. The van der Waals surface area contributed by atoms with E-state index in [1.54, 1.807) is 13.8 Å². The van der Waals surface area contributed by atoms with Crippen LogP contribution in [0, 0.1) is 0 Å². The summed E-state index contributed by atoms with van der Waals surface area (Å²) in [6.07, 6.45) is 0.956. The zero-order valence-electron chi connectivity index (χ0n) is 14.3. The minimum Gasteiger partial charge on any atom is -0.855 e. The molecule has 0 atom stereocenters. The predicted octanol–water partition coefficient (Wildman–Crippen LogP) is 0.599. The maximum Gasteiger partial charge on any atom is -0.0809 e. The maximum absolute atomic E-state index is 8.93.